The Hall–Kier alpha value is -1.61. The molecule has 3 rings (SSSR count). The number of hydrogen-bond acceptors (Lipinski definition) is 2. The fourth-order valence-electron chi connectivity index (χ4n) is 1.69. The zero-order valence-corrected chi connectivity index (χ0v) is 8.10. The standard InChI is InChI=1S/C11H7NOS/c14-10-3-1-2-8-11(10)7-4-5-12-6-9(7)13-8/h1-6,12H. The summed E-state index contributed by atoms with van der Waals surface area (Å²) >= 11 is 5.26. The van der Waals surface area contributed by atoms with Gasteiger partial charge >= 0.3 is 0 Å². The summed E-state index contributed by atoms with van der Waals surface area (Å²) in [5.41, 5.74) is 1.70. The Morgan fingerprint density at radius 2 is 2.07 bits per heavy atom. The van der Waals surface area contributed by atoms with E-state index in [0.29, 0.717) is 0 Å². The van der Waals surface area contributed by atoms with E-state index in [9.17, 15) is 0 Å². The van der Waals surface area contributed by atoms with E-state index in [2.05, 4.69) is 4.98 Å². The van der Waals surface area contributed by atoms with E-state index in [0.717, 1.165) is 26.4 Å². The first-order valence-electron chi connectivity index (χ1n) is 4.34. The molecule has 0 atom stereocenters. The number of pyridine rings is 1. The first kappa shape index (κ1) is 7.76. The molecule has 2 aromatic heterocycles. The van der Waals surface area contributed by atoms with Crippen LogP contribution in [0.4, 0.5) is 0 Å². The predicted molar refractivity (Wildman–Crippen MR) is 58.9 cm³/mol. The minimum Gasteiger partial charge on any atom is -0.454 e. The lowest BCUT2D eigenvalue weighted by molar-refractivity contribution is 0.667. The van der Waals surface area contributed by atoms with Gasteiger partial charge in [0.15, 0.2) is 5.58 Å². The van der Waals surface area contributed by atoms with E-state index in [1.165, 1.54) is 0 Å². The van der Waals surface area contributed by atoms with Crippen LogP contribution in [0, 0.1) is 4.51 Å². The van der Waals surface area contributed by atoms with Gasteiger partial charge in [0.1, 0.15) is 5.58 Å². The zero-order chi connectivity index (χ0) is 9.54. The summed E-state index contributed by atoms with van der Waals surface area (Å²) in [4.78, 5) is 2.99. The molecule has 3 heteroatoms. The van der Waals surface area contributed by atoms with Crippen LogP contribution in [0.25, 0.3) is 21.9 Å². The quantitative estimate of drug-likeness (QED) is 0.562. The van der Waals surface area contributed by atoms with Crippen molar-refractivity contribution < 1.29 is 4.42 Å². The van der Waals surface area contributed by atoms with Crippen molar-refractivity contribution in [3.8, 4) is 0 Å². The van der Waals surface area contributed by atoms with Gasteiger partial charge in [0, 0.05) is 27.7 Å². The number of fused-ring (bicyclic) bond motifs is 3. The Labute approximate surface area is 85.2 Å². The normalized spacial score (nSPS) is 11.1. The number of furan rings is 1. The number of H-pyrrole nitrogens is 1. The van der Waals surface area contributed by atoms with E-state index >= 15 is 0 Å². The lowest BCUT2D eigenvalue weighted by Crippen LogP contribution is -1.69. The molecule has 0 fully saturated rings. The molecule has 2 heterocycles. The first-order valence-corrected chi connectivity index (χ1v) is 4.75. The first-order chi connectivity index (χ1) is 6.86. The minimum absolute atomic E-state index is 0.840. The van der Waals surface area contributed by atoms with Crippen molar-refractivity contribution in [2.75, 3.05) is 0 Å². The summed E-state index contributed by atoms with van der Waals surface area (Å²) in [5, 5.41) is 2.11. The van der Waals surface area contributed by atoms with Gasteiger partial charge in [-0.15, -0.1) is 0 Å². The summed E-state index contributed by atoms with van der Waals surface area (Å²) in [5.74, 6) is 0. The minimum atomic E-state index is 0.840. The van der Waals surface area contributed by atoms with Gasteiger partial charge in [0.2, 0.25) is 0 Å². The molecular weight excluding hydrogens is 194 g/mol. The van der Waals surface area contributed by atoms with Crippen molar-refractivity contribution >= 4 is 34.2 Å². The fraction of sp³-hybridized carbons (Fsp3) is 0. The Morgan fingerprint density at radius 3 is 3.00 bits per heavy atom. The molecule has 0 aliphatic rings. The molecule has 3 aromatic rings. The molecule has 0 bridgehead atoms. The maximum atomic E-state index is 5.64. The smallest absolute Gasteiger partial charge is 0.151 e. The highest BCUT2D eigenvalue weighted by atomic mass is 32.1. The maximum Gasteiger partial charge on any atom is 0.151 e. The van der Waals surface area contributed by atoms with Gasteiger partial charge in [0.25, 0.3) is 0 Å². The van der Waals surface area contributed by atoms with Gasteiger partial charge in [-0.25, -0.2) is 0 Å². The third-order valence-corrected chi connectivity index (χ3v) is 2.64. The average molecular weight is 201 g/mol. The van der Waals surface area contributed by atoms with E-state index in [-0.39, 0.29) is 0 Å². The summed E-state index contributed by atoms with van der Waals surface area (Å²) in [6.07, 6.45) is 3.71. The number of benzene rings is 1. The van der Waals surface area contributed by atoms with Crippen LogP contribution in [0.15, 0.2) is 41.1 Å². The Morgan fingerprint density at radius 1 is 1.14 bits per heavy atom. The lowest BCUT2D eigenvalue weighted by atomic mass is 10.2. The molecule has 0 saturated carbocycles. The molecule has 1 aromatic carbocycles. The summed E-state index contributed by atoms with van der Waals surface area (Å²) in [6, 6.07) is 7.75. The van der Waals surface area contributed by atoms with Crippen molar-refractivity contribution in [1.29, 1.82) is 0 Å². The predicted octanol–water partition coefficient (Wildman–Crippen LogP) is 3.64. The fourth-order valence-corrected chi connectivity index (χ4v) is 1.98. The van der Waals surface area contributed by atoms with E-state index < -0.39 is 0 Å². The molecule has 0 amide bonds. The van der Waals surface area contributed by atoms with Gasteiger partial charge < -0.3 is 9.40 Å². The highest BCUT2D eigenvalue weighted by molar-refractivity contribution is 7.71. The molecule has 2 nitrogen and oxygen atoms in total. The van der Waals surface area contributed by atoms with Crippen LogP contribution in [0.3, 0.4) is 0 Å². The van der Waals surface area contributed by atoms with Gasteiger partial charge in [-0.1, -0.05) is 18.3 Å². The second-order valence-corrected chi connectivity index (χ2v) is 3.59. The molecule has 68 valence electrons. The van der Waals surface area contributed by atoms with Crippen LogP contribution >= 0.6 is 12.2 Å². The van der Waals surface area contributed by atoms with Crippen LogP contribution in [-0.2, 0) is 0 Å². The Bertz CT molecular complexity index is 665. The van der Waals surface area contributed by atoms with Crippen molar-refractivity contribution in [3.05, 3.63) is 41.2 Å². The number of rotatable bonds is 0. The van der Waals surface area contributed by atoms with Gasteiger partial charge in [0.05, 0.1) is 0 Å². The van der Waals surface area contributed by atoms with Gasteiger partial charge in [-0.3, -0.25) is 0 Å². The largest absolute Gasteiger partial charge is 0.454 e. The van der Waals surface area contributed by atoms with Crippen LogP contribution in [0.1, 0.15) is 0 Å². The van der Waals surface area contributed by atoms with E-state index in [1.807, 2.05) is 36.7 Å². The van der Waals surface area contributed by atoms with Crippen LogP contribution in [0.5, 0.6) is 0 Å². The lowest BCUT2D eigenvalue weighted by Gasteiger charge is -1.87. The molecule has 14 heavy (non-hydrogen) atoms. The summed E-state index contributed by atoms with van der Waals surface area (Å²) < 4.78 is 6.48. The maximum absolute atomic E-state index is 5.64. The number of aromatic nitrogens is 1. The van der Waals surface area contributed by atoms with Crippen LogP contribution in [-0.4, -0.2) is 4.98 Å². The Balaban J connectivity index is 2.73. The Kier molecular flexibility index (Phi) is 1.49. The monoisotopic (exact) mass is 201 g/mol. The number of nitrogens with one attached hydrogen (secondary N) is 1. The van der Waals surface area contributed by atoms with Crippen molar-refractivity contribution in [2.24, 2.45) is 0 Å². The molecule has 1 N–H and O–H groups in total. The molecule has 0 unspecified atom stereocenters. The zero-order valence-electron chi connectivity index (χ0n) is 7.28. The highest BCUT2D eigenvalue weighted by Crippen LogP contribution is 2.28. The van der Waals surface area contributed by atoms with E-state index in [4.69, 9.17) is 16.6 Å². The topological polar surface area (TPSA) is 28.9 Å². The van der Waals surface area contributed by atoms with Crippen molar-refractivity contribution in [3.63, 3.8) is 0 Å². The SMILES string of the molecule is S=c1cccc2oc3c[nH]ccc3c12. The number of aromatic amines is 1. The molecule has 0 aliphatic heterocycles. The number of hydrogen-bond donors (Lipinski definition) is 1. The second kappa shape index (κ2) is 2.69. The summed E-state index contributed by atoms with van der Waals surface area (Å²) in [7, 11) is 0. The second-order valence-electron chi connectivity index (χ2n) is 3.15. The van der Waals surface area contributed by atoms with Crippen molar-refractivity contribution in [2.45, 2.75) is 0 Å². The highest BCUT2D eigenvalue weighted by Gasteiger charge is 2.05. The van der Waals surface area contributed by atoms with Crippen LogP contribution in [0.2, 0.25) is 0 Å². The van der Waals surface area contributed by atoms with Gasteiger partial charge in [-0.2, -0.15) is 0 Å². The third-order valence-electron chi connectivity index (χ3n) is 2.30. The molecule has 0 spiro atoms. The summed E-state index contributed by atoms with van der Waals surface area (Å²) in [6.45, 7) is 0. The molecule has 0 radical (unpaired) electrons. The molecule has 0 saturated heterocycles. The molecular formula is C11H7NOS. The molecule has 0 aliphatic carbocycles. The van der Waals surface area contributed by atoms with Crippen molar-refractivity contribution in [1.82, 2.24) is 4.98 Å². The van der Waals surface area contributed by atoms with Gasteiger partial charge in [-0.05, 0) is 18.2 Å². The van der Waals surface area contributed by atoms with Crippen LogP contribution < -0.4 is 0 Å². The third kappa shape index (κ3) is 0.930. The average Bonchev–Trinajstić information content (AvgIpc) is 2.57. The van der Waals surface area contributed by atoms with E-state index in [1.54, 1.807) is 0 Å².